The van der Waals surface area contributed by atoms with E-state index in [0.29, 0.717) is 10.0 Å². The van der Waals surface area contributed by atoms with E-state index in [0.717, 1.165) is 0 Å². The summed E-state index contributed by atoms with van der Waals surface area (Å²) in [5.74, 6) is -0.543. The van der Waals surface area contributed by atoms with Gasteiger partial charge in [-0.15, -0.1) is 0 Å². The second kappa shape index (κ2) is 6.19. The summed E-state index contributed by atoms with van der Waals surface area (Å²) in [4.78, 5) is 10.3. The highest BCUT2D eigenvalue weighted by Crippen LogP contribution is 2.24. The van der Waals surface area contributed by atoms with E-state index in [1.807, 2.05) is 0 Å². The highest BCUT2D eigenvalue weighted by atomic mass is 79.9. The summed E-state index contributed by atoms with van der Waals surface area (Å²) >= 11 is 8.88. The van der Waals surface area contributed by atoms with E-state index in [4.69, 9.17) is 11.6 Å². The van der Waals surface area contributed by atoms with Gasteiger partial charge >= 0.3 is 0 Å². The fourth-order valence-corrected chi connectivity index (χ4v) is 2.38. The minimum absolute atomic E-state index is 0.0234. The van der Waals surface area contributed by atoms with Gasteiger partial charge < -0.3 is 5.32 Å². The number of nitro groups is 1. The van der Waals surface area contributed by atoms with Crippen molar-refractivity contribution in [2.45, 2.75) is 6.54 Å². The zero-order chi connectivity index (χ0) is 14.7. The lowest BCUT2D eigenvalue weighted by atomic mass is 10.2. The number of hydrogen-bond acceptors (Lipinski definition) is 3. The van der Waals surface area contributed by atoms with Crippen LogP contribution in [0.25, 0.3) is 0 Å². The van der Waals surface area contributed by atoms with Crippen LogP contribution in [0.3, 0.4) is 0 Å². The molecule has 0 amide bonds. The number of nitrogens with one attached hydrogen (secondary N) is 1. The van der Waals surface area contributed by atoms with Crippen LogP contribution < -0.4 is 5.32 Å². The van der Waals surface area contributed by atoms with Gasteiger partial charge in [-0.1, -0.05) is 33.6 Å². The minimum atomic E-state index is -0.543. The quantitative estimate of drug-likeness (QED) is 0.632. The molecule has 0 saturated carbocycles. The van der Waals surface area contributed by atoms with E-state index in [2.05, 4.69) is 21.2 Å². The van der Waals surface area contributed by atoms with Crippen molar-refractivity contribution in [2.24, 2.45) is 0 Å². The minimum Gasteiger partial charge on any atom is -0.379 e. The maximum atomic E-state index is 13.7. The Bertz CT molecular complexity index is 667. The van der Waals surface area contributed by atoms with Gasteiger partial charge in [-0.05, 0) is 23.8 Å². The Balaban J connectivity index is 2.19. The van der Waals surface area contributed by atoms with Gasteiger partial charge in [0.05, 0.1) is 15.6 Å². The number of halogens is 3. The van der Waals surface area contributed by atoms with Crippen molar-refractivity contribution < 1.29 is 9.31 Å². The molecule has 104 valence electrons. The molecule has 2 rings (SSSR count). The number of benzene rings is 2. The van der Waals surface area contributed by atoms with Crippen LogP contribution in [0.5, 0.6) is 0 Å². The topological polar surface area (TPSA) is 55.2 Å². The second-order valence-corrected chi connectivity index (χ2v) is 5.35. The Morgan fingerprint density at radius 1 is 1.35 bits per heavy atom. The molecule has 0 spiro atoms. The first-order valence-electron chi connectivity index (χ1n) is 5.59. The van der Waals surface area contributed by atoms with Gasteiger partial charge in [0.25, 0.3) is 5.69 Å². The van der Waals surface area contributed by atoms with Crippen molar-refractivity contribution in [2.75, 3.05) is 5.32 Å². The summed E-state index contributed by atoms with van der Waals surface area (Å²) in [7, 11) is 0. The molecule has 0 saturated heterocycles. The number of anilines is 1. The molecule has 1 N–H and O–H groups in total. The largest absolute Gasteiger partial charge is 0.379 e. The first-order valence-corrected chi connectivity index (χ1v) is 6.76. The van der Waals surface area contributed by atoms with Crippen molar-refractivity contribution in [1.29, 1.82) is 0 Å². The standard InChI is InChI=1S/C13H9BrClFN2O2/c14-9-4-8(5-10(6-9)18(19)20)7-17-12-3-1-2-11(15)13(12)16/h1-6,17H,7H2. The number of nitrogens with zero attached hydrogens (tertiary/aromatic N) is 1. The van der Waals surface area contributed by atoms with Crippen LogP contribution in [0.2, 0.25) is 5.02 Å². The summed E-state index contributed by atoms with van der Waals surface area (Å²) in [6, 6.07) is 9.18. The molecular formula is C13H9BrClFN2O2. The molecule has 0 radical (unpaired) electrons. The van der Waals surface area contributed by atoms with Crippen LogP contribution in [0.4, 0.5) is 15.8 Å². The molecule has 0 aliphatic carbocycles. The average Bonchev–Trinajstić information content (AvgIpc) is 2.40. The Hall–Kier alpha value is -1.66. The third-order valence-electron chi connectivity index (χ3n) is 2.59. The Kier molecular flexibility index (Phi) is 4.57. The summed E-state index contributed by atoms with van der Waals surface area (Å²) in [5, 5.41) is 13.6. The molecule has 20 heavy (non-hydrogen) atoms. The van der Waals surface area contributed by atoms with Crippen LogP contribution in [0.1, 0.15) is 5.56 Å². The van der Waals surface area contributed by atoms with Gasteiger partial charge in [-0.2, -0.15) is 0 Å². The number of nitro benzene ring substituents is 1. The number of hydrogen-bond donors (Lipinski definition) is 1. The summed E-state index contributed by atoms with van der Waals surface area (Å²) in [5.41, 5.74) is 0.883. The van der Waals surface area contributed by atoms with Gasteiger partial charge in [0, 0.05) is 23.2 Å². The van der Waals surface area contributed by atoms with E-state index in [1.165, 1.54) is 18.2 Å². The molecule has 2 aromatic carbocycles. The fraction of sp³-hybridized carbons (Fsp3) is 0.0769. The maximum absolute atomic E-state index is 13.7. The predicted octanol–water partition coefficient (Wildman–Crippen LogP) is 4.76. The number of rotatable bonds is 4. The van der Waals surface area contributed by atoms with Gasteiger partial charge in [0.15, 0.2) is 5.82 Å². The lowest BCUT2D eigenvalue weighted by Crippen LogP contribution is -2.02. The molecule has 0 fully saturated rings. The normalized spacial score (nSPS) is 10.3. The van der Waals surface area contributed by atoms with E-state index >= 15 is 0 Å². The molecule has 0 atom stereocenters. The summed E-state index contributed by atoms with van der Waals surface area (Å²) < 4.78 is 14.3. The average molecular weight is 360 g/mol. The second-order valence-electron chi connectivity index (χ2n) is 4.03. The smallest absolute Gasteiger partial charge is 0.270 e. The third-order valence-corrected chi connectivity index (χ3v) is 3.34. The highest BCUT2D eigenvalue weighted by Gasteiger charge is 2.10. The summed E-state index contributed by atoms with van der Waals surface area (Å²) in [6.07, 6.45) is 0. The van der Waals surface area contributed by atoms with Crippen molar-refractivity contribution in [3.05, 3.63) is 67.4 Å². The molecule has 0 aliphatic heterocycles. The van der Waals surface area contributed by atoms with Gasteiger partial charge in [0.1, 0.15) is 0 Å². The van der Waals surface area contributed by atoms with Crippen molar-refractivity contribution in [3.8, 4) is 0 Å². The highest BCUT2D eigenvalue weighted by molar-refractivity contribution is 9.10. The molecule has 0 aromatic heterocycles. The number of non-ortho nitro benzene ring substituents is 1. The van der Waals surface area contributed by atoms with Crippen LogP contribution in [-0.4, -0.2) is 4.92 Å². The first kappa shape index (κ1) is 14.7. The van der Waals surface area contributed by atoms with Crippen LogP contribution >= 0.6 is 27.5 Å². The van der Waals surface area contributed by atoms with Crippen LogP contribution in [0.15, 0.2) is 40.9 Å². The Morgan fingerprint density at radius 2 is 2.10 bits per heavy atom. The van der Waals surface area contributed by atoms with Crippen LogP contribution in [0, 0.1) is 15.9 Å². The van der Waals surface area contributed by atoms with E-state index in [1.54, 1.807) is 18.2 Å². The molecule has 7 heteroatoms. The SMILES string of the molecule is O=[N+]([O-])c1cc(Br)cc(CNc2cccc(Cl)c2F)c1. The molecule has 2 aromatic rings. The Labute approximate surface area is 127 Å². The van der Waals surface area contributed by atoms with E-state index in [9.17, 15) is 14.5 Å². The first-order chi connectivity index (χ1) is 9.47. The molecule has 0 heterocycles. The zero-order valence-electron chi connectivity index (χ0n) is 10.1. The van der Waals surface area contributed by atoms with Gasteiger partial charge in [-0.25, -0.2) is 4.39 Å². The zero-order valence-corrected chi connectivity index (χ0v) is 12.4. The third kappa shape index (κ3) is 3.46. The fourth-order valence-electron chi connectivity index (χ4n) is 1.68. The maximum Gasteiger partial charge on any atom is 0.270 e. The van der Waals surface area contributed by atoms with Gasteiger partial charge in [0.2, 0.25) is 0 Å². The molecule has 0 aliphatic rings. The molecule has 0 bridgehead atoms. The van der Waals surface area contributed by atoms with Gasteiger partial charge in [-0.3, -0.25) is 10.1 Å². The van der Waals surface area contributed by atoms with Crippen LogP contribution in [-0.2, 0) is 6.54 Å². The van der Waals surface area contributed by atoms with E-state index in [-0.39, 0.29) is 22.9 Å². The Morgan fingerprint density at radius 3 is 2.80 bits per heavy atom. The van der Waals surface area contributed by atoms with Crippen molar-refractivity contribution in [1.82, 2.24) is 0 Å². The van der Waals surface area contributed by atoms with E-state index < -0.39 is 10.7 Å². The lowest BCUT2D eigenvalue weighted by Gasteiger charge is -2.08. The van der Waals surface area contributed by atoms with Crippen molar-refractivity contribution >= 4 is 38.9 Å². The molecular weight excluding hydrogens is 351 g/mol. The molecule has 0 unspecified atom stereocenters. The monoisotopic (exact) mass is 358 g/mol. The lowest BCUT2D eigenvalue weighted by molar-refractivity contribution is -0.385. The van der Waals surface area contributed by atoms with Crippen molar-refractivity contribution in [3.63, 3.8) is 0 Å². The predicted molar refractivity (Wildman–Crippen MR) is 79.5 cm³/mol. The molecule has 4 nitrogen and oxygen atoms in total. The summed E-state index contributed by atoms with van der Waals surface area (Å²) in [6.45, 7) is 0.248.